The molecule has 0 aromatic carbocycles. The van der Waals surface area contributed by atoms with E-state index in [2.05, 4.69) is 4.98 Å². The van der Waals surface area contributed by atoms with Crippen molar-refractivity contribution in [3.63, 3.8) is 0 Å². The minimum atomic E-state index is 0.463. The molecule has 0 bridgehead atoms. The van der Waals surface area contributed by atoms with Crippen LogP contribution in [-0.2, 0) is 6.54 Å². The maximum atomic E-state index is 5.49. The van der Waals surface area contributed by atoms with Crippen molar-refractivity contribution in [2.45, 2.75) is 11.6 Å². The summed E-state index contributed by atoms with van der Waals surface area (Å²) in [6.07, 6.45) is 1.98. The second-order valence-electron chi connectivity index (χ2n) is 2.23. The van der Waals surface area contributed by atoms with Crippen LogP contribution in [0, 0.1) is 0 Å². The second-order valence-corrected chi connectivity index (χ2v) is 3.05. The lowest BCUT2D eigenvalue weighted by molar-refractivity contribution is 0.389. The van der Waals surface area contributed by atoms with Gasteiger partial charge in [-0.1, -0.05) is 0 Å². The number of nitrogens with zero attached hydrogens (tertiary/aromatic N) is 1. The Hall–Kier alpha value is -0.740. The molecule has 4 heteroatoms. The highest BCUT2D eigenvalue weighted by Gasteiger charge is 2.02. The van der Waals surface area contributed by atoms with Crippen LogP contribution in [0.5, 0.6) is 5.88 Å². The second kappa shape index (κ2) is 4.33. The molecule has 1 heterocycles. The maximum Gasteiger partial charge on any atom is 0.218 e. The molecular formula is C8H12N2OS. The van der Waals surface area contributed by atoms with E-state index >= 15 is 0 Å². The number of thioether (sulfide) groups is 1. The van der Waals surface area contributed by atoms with Crippen LogP contribution in [-0.4, -0.2) is 18.3 Å². The largest absolute Gasteiger partial charge is 0.481 e. The lowest BCUT2D eigenvalue weighted by atomic mass is 10.3. The molecule has 0 aliphatic carbocycles. The lowest BCUT2D eigenvalue weighted by Crippen LogP contribution is -2.01. The van der Waals surface area contributed by atoms with Crippen molar-refractivity contribution >= 4 is 11.8 Å². The van der Waals surface area contributed by atoms with Crippen LogP contribution >= 0.6 is 11.8 Å². The number of aromatic nitrogens is 1. The highest BCUT2D eigenvalue weighted by molar-refractivity contribution is 7.98. The zero-order valence-electron chi connectivity index (χ0n) is 7.20. The van der Waals surface area contributed by atoms with Gasteiger partial charge in [-0.2, -0.15) is 0 Å². The molecule has 0 aliphatic heterocycles. The Balaban J connectivity index is 3.02. The summed E-state index contributed by atoms with van der Waals surface area (Å²) in [6.45, 7) is 0.463. The Morgan fingerprint density at radius 3 is 2.83 bits per heavy atom. The smallest absolute Gasteiger partial charge is 0.218 e. The third-order valence-corrected chi connectivity index (χ3v) is 2.18. The Labute approximate surface area is 76.3 Å². The molecule has 0 atom stereocenters. The average Bonchev–Trinajstić information content (AvgIpc) is 2.16. The van der Waals surface area contributed by atoms with Gasteiger partial charge in [-0.05, 0) is 18.4 Å². The fourth-order valence-electron chi connectivity index (χ4n) is 0.898. The topological polar surface area (TPSA) is 48.1 Å². The van der Waals surface area contributed by atoms with Gasteiger partial charge >= 0.3 is 0 Å². The summed E-state index contributed by atoms with van der Waals surface area (Å²) in [7, 11) is 1.60. The molecule has 1 aromatic heterocycles. The van der Waals surface area contributed by atoms with E-state index in [0.29, 0.717) is 12.4 Å². The van der Waals surface area contributed by atoms with Gasteiger partial charge in [-0.25, -0.2) is 4.98 Å². The summed E-state index contributed by atoms with van der Waals surface area (Å²) in [5.74, 6) is 0.629. The van der Waals surface area contributed by atoms with Crippen molar-refractivity contribution in [1.82, 2.24) is 4.98 Å². The SMILES string of the molecule is COc1nc(SC)ccc1CN. The molecule has 1 rings (SSSR count). The van der Waals surface area contributed by atoms with Crippen LogP contribution in [0.2, 0.25) is 0 Å². The molecule has 3 nitrogen and oxygen atoms in total. The van der Waals surface area contributed by atoms with E-state index in [4.69, 9.17) is 10.5 Å². The molecule has 0 spiro atoms. The minimum Gasteiger partial charge on any atom is -0.481 e. The van der Waals surface area contributed by atoms with Crippen molar-refractivity contribution in [2.24, 2.45) is 5.73 Å². The van der Waals surface area contributed by atoms with E-state index in [-0.39, 0.29) is 0 Å². The number of rotatable bonds is 3. The van der Waals surface area contributed by atoms with E-state index in [1.165, 1.54) is 0 Å². The summed E-state index contributed by atoms with van der Waals surface area (Å²) in [6, 6.07) is 3.88. The predicted octanol–water partition coefficient (Wildman–Crippen LogP) is 1.27. The monoisotopic (exact) mass is 184 g/mol. The highest BCUT2D eigenvalue weighted by atomic mass is 32.2. The lowest BCUT2D eigenvalue weighted by Gasteiger charge is -2.05. The zero-order valence-corrected chi connectivity index (χ0v) is 8.02. The molecule has 0 amide bonds. The minimum absolute atomic E-state index is 0.463. The number of methoxy groups -OCH3 is 1. The molecule has 0 radical (unpaired) electrons. The molecule has 1 aromatic rings. The standard InChI is InChI=1S/C8H12N2OS/c1-11-8-6(5-9)3-4-7(10-8)12-2/h3-4H,5,9H2,1-2H3. The summed E-state index contributed by atoms with van der Waals surface area (Å²) in [5.41, 5.74) is 6.43. The van der Waals surface area contributed by atoms with Crippen LogP contribution in [0.25, 0.3) is 0 Å². The number of pyridine rings is 1. The number of hydrogen-bond donors (Lipinski definition) is 1. The van der Waals surface area contributed by atoms with E-state index in [0.717, 1.165) is 10.6 Å². The number of hydrogen-bond acceptors (Lipinski definition) is 4. The normalized spacial score (nSPS) is 9.92. The van der Waals surface area contributed by atoms with Crippen LogP contribution in [0.3, 0.4) is 0 Å². The van der Waals surface area contributed by atoms with Crippen LogP contribution in [0.15, 0.2) is 17.2 Å². The summed E-state index contributed by atoms with van der Waals surface area (Å²) >= 11 is 1.59. The number of nitrogens with two attached hydrogens (primary N) is 1. The predicted molar refractivity (Wildman–Crippen MR) is 50.5 cm³/mol. The van der Waals surface area contributed by atoms with Crippen molar-refractivity contribution in [3.8, 4) is 5.88 Å². The Bertz CT molecular complexity index is 265. The van der Waals surface area contributed by atoms with Crippen molar-refractivity contribution < 1.29 is 4.74 Å². The molecule has 0 aliphatic rings. The van der Waals surface area contributed by atoms with E-state index in [9.17, 15) is 0 Å². The fraction of sp³-hybridized carbons (Fsp3) is 0.375. The molecule has 0 saturated heterocycles. The molecule has 66 valence electrons. The third kappa shape index (κ3) is 1.89. The van der Waals surface area contributed by atoms with Crippen molar-refractivity contribution in [1.29, 1.82) is 0 Å². The first-order valence-electron chi connectivity index (χ1n) is 3.59. The van der Waals surface area contributed by atoms with Gasteiger partial charge in [0.15, 0.2) is 0 Å². The van der Waals surface area contributed by atoms with Crippen LogP contribution < -0.4 is 10.5 Å². The van der Waals surface area contributed by atoms with Gasteiger partial charge in [0.25, 0.3) is 0 Å². The summed E-state index contributed by atoms with van der Waals surface area (Å²) in [4.78, 5) is 4.24. The molecule has 0 saturated carbocycles. The van der Waals surface area contributed by atoms with Crippen molar-refractivity contribution in [2.75, 3.05) is 13.4 Å². The highest BCUT2D eigenvalue weighted by Crippen LogP contribution is 2.19. The molecular weight excluding hydrogens is 172 g/mol. The van der Waals surface area contributed by atoms with Gasteiger partial charge in [-0.15, -0.1) is 11.8 Å². The quantitative estimate of drug-likeness (QED) is 0.719. The molecule has 0 fully saturated rings. The maximum absolute atomic E-state index is 5.49. The first kappa shape index (κ1) is 9.35. The van der Waals surface area contributed by atoms with Gasteiger partial charge in [-0.3, -0.25) is 0 Å². The fourth-order valence-corrected chi connectivity index (χ4v) is 1.28. The molecule has 12 heavy (non-hydrogen) atoms. The van der Waals surface area contributed by atoms with Gasteiger partial charge in [0.05, 0.1) is 12.1 Å². The van der Waals surface area contributed by atoms with Gasteiger partial charge in [0.2, 0.25) is 5.88 Å². The molecule has 0 unspecified atom stereocenters. The first-order valence-corrected chi connectivity index (χ1v) is 4.82. The van der Waals surface area contributed by atoms with Crippen LogP contribution in [0.1, 0.15) is 5.56 Å². The number of ether oxygens (including phenoxy) is 1. The first-order chi connectivity index (χ1) is 5.81. The zero-order chi connectivity index (χ0) is 8.97. The van der Waals surface area contributed by atoms with Gasteiger partial charge in [0.1, 0.15) is 0 Å². The van der Waals surface area contributed by atoms with E-state index in [1.54, 1.807) is 18.9 Å². The average molecular weight is 184 g/mol. The molecule has 2 N–H and O–H groups in total. The van der Waals surface area contributed by atoms with Gasteiger partial charge in [0, 0.05) is 12.1 Å². The third-order valence-electron chi connectivity index (χ3n) is 1.54. The van der Waals surface area contributed by atoms with Crippen LogP contribution in [0.4, 0.5) is 0 Å². The van der Waals surface area contributed by atoms with E-state index in [1.807, 2.05) is 18.4 Å². The van der Waals surface area contributed by atoms with Gasteiger partial charge < -0.3 is 10.5 Å². The summed E-state index contributed by atoms with van der Waals surface area (Å²) in [5, 5.41) is 0.948. The Morgan fingerprint density at radius 2 is 2.33 bits per heavy atom. The van der Waals surface area contributed by atoms with Crippen molar-refractivity contribution in [3.05, 3.63) is 17.7 Å². The Kier molecular flexibility index (Phi) is 3.37. The Morgan fingerprint density at radius 1 is 1.58 bits per heavy atom. The van der Waals surface area contributed by atoms with E-state index < -0.39 is 0 Å². The summed E-state index contributed by atoms with van der Waals surface area (Å²) < 4.78 is 5.07.